The number of rotatable bonds is 13. The molecule has 128 valence electrons. The molecular weight excluding hydrogens is 328 g/mol. The Labute approximate surface area is 139 Å². The van der Waals surface area contributed by atoms with Crippen LogP contribution in [0, 0.1) is 0 Å². The summed E-state index contributed by atoms with van der Waals surface area (Å²) in [6.07, 6.45) is 4.50. The van der Waals surface area contributed by atoms with E-state index < -0.39 is 25.7 Å². The maximum Gasteiger partial charge on any atom is 0.352 e. The smallest absolute Gasteiger partial charge is 0.352 e. The van der Waals surface area contributed by atoms with E-state index in [2.05, 4.69) is 33.2 Å². The summed E-state index contributed by atoms with van der Waals surface area (Å²) in [5, 5.41) is 0. The second-order valence-electron chi connectivity index (χ2n) is 5.91. The maximum atomic E-state index is 6.41. The van der Waals surface area contributed by atoms with Crippen molar-refractivity contribution in [3.63, 3.8) is 0 Å². The third-order valence-corrected chi connectivity index (χ3v) is 13.9. The highest BCUT2D eigenvalue weighted by Crippen LogP contribution is 2.25. The minimum absolute atomic E-state index is 0.454. The third kappa shape index (κ3) is 8.37. The van der Waals surface area contributed by atoms with Crippen molar-refractivity contribution in [2.45, 2.75) is 45.6 Å². The molecule has 2 unspecified atom stereocenters. The van der Waals surface area contributed by atoms with Crippen molar-refractivity contribution in [1.82, 2.24) is 0 Å². The molecule has 0 radical (unpaired) electrons. The summed E-state index contributed by atoms with van der Waals surface area (Å²) < 4.78 is 24.5. The topological polar surface area (TPSA) is 36.9 Å². The van der Waals surface area contributed by atoms with Gasteiger partial charge in [0.1, 0.15) is 0 Å². The molecular formula is C15H32O4Si3. The van der Waals surface area contributed by atoms with Gasteiger partial charge in [-0.05, 0) is 32.2 Å². The molecule has 0 fully saturated rings. The van der Waals surface area contributed by atoms with E-state index in [0.717, 1.165) is 12.5 Å². The zero-order valence-corrected chi connectivity index (χ0v) is 17.8. The van der Waals surface area contributed by atoms with Gasteiger partial charge in [0.15, 0.2) is 0 Å². The van der Waals surface area contributed by atoms with E-state index in [1.54, 1.807) is 17.9 Å². The van der Waals surface area contributed by atoms with Gasteiger partial charge in [0.25, 0.3) is 0 Å². The lowest BCUT2D eigenvalue weighted by molar-refractivity contribution is 0.224. The lowest BCUT2D eigenvalue weighted by atomic mass is 10.6. The van der Waals surface area contributed by atoms with Gasteiger partial charge in [-0.1, -0.05) is 31.2 Å². The maximum absolute atomic E-state index is 6.41. The fourth-order valence-electron chi connectivity index (χ4n) is 2.23. The molecule has 0 aromatic heterocycles. The molecule has 0 heterocycles. The molecule has 0 N–H and O–H groups in total. The van der Waals surface area contributed by atoms with Gasteiger partial charge in [-0.2, -0.15) is 0 Å². The highest BCUT2D eigenvalue weighted by Gasteiger charge is 2.44. The lowest BCUT2D eigenvalue weighted by Crippen LogP contribution is -2.56. The largest absolute Gasteiger partial charge is 0.415 e. The molecule has 0 aliphatic rings. The predicted molar refractivity (Wildman–Crippen MR) is 100 cm³/mol. The third-order valence-electron chi connectivity index (χ3n) is 2.98. The van der Waals surface area contributed by atoms with Gasteiger partial charge in [-0.25, -0.2) is 0 Å². The lowest BCUT2D eigenvalue weighted by Gasteiger charge is -2.38. The Hall–Kier alpha value is -0.289. The van der Waals surface area contributed by atoms with Crippen LogP contribution in [-0.4, -0.2) is 38.9 Å². The van der Waals surface area contributed by atoms with E-state index in [0.29, 0.717) is 13.2 Å². The first-order chi connectivity index (χ1) is 10.2. The van der Waals surface area contributed by atoms with E-state index in [4.69, 9.17) is 17.1 Å². The van der Waals surface area contributed by atoms with Crippen LogP contribution >= 0.6 is 0 Å². The number of hydrogen-bond donors (Lipinski definition) is 0. The van der Waals surface area contributed by atoms with Crippen LogP contribution in [-0.2, 0) is 17.1 Å². The zero-order chi connectivity index (χ0) is 17.3. The minimum Gasteiger partial charge on any atom is -0.415 e. The van der Waals surface area contributed by atoms with Gasteiger partial charge in [0.05, 0.1) is 13.2 Å². The normalized spacial score (nSPS) is 17.3. The Morgan fingerprint density at radius 3 is 1.86 bits per heavy atom. The average molecular weight is 361 g/mol. The van der Waals surface area contributed by atoms with Crippen molar-refractivity contribution >= 4 is 25.7 Å². The molecule has 0 aliphatic carbocycles. The van der Waals surface area contributed by atoms with Crippen LogP contribution < -0.4 is 0 Å². The van der Waals surface area contributed by atoms with Crippen molar-refractivity contribution in [1.29, 1.82) is 0 Å². The fourth-order valence-corrected chi connectivity index (χ4v) is 14.1. The molecule has 0 aromatic rings. The second kappa shape index (κ2) is 9.76. The molecule has 0 saturated heterocycles. The van der Waals surface area contributed by atoms with Crippen molar-refractivity contribution in [2.75, 3.05) is 13.2 Å². The molecule has 0 bridgehead atoms. The molecule has 0 rings (SSSR count). The molecule has 22 heavy (non-hydrogen) atoms. The van der Waals surface area contributed by atoms with E-state index in [-0.39, 0.29) is 0 Å². The van der Waals surface area contributed by atoms with Gasteiger partial charge in [-0.3, -0.25) is 0 Å². The molecule has 0 aliphatic heterocycles. The first-order valence-corrected chi connectivity index (χ1v) is 15.4. The second-order valence-corrected chi connectivity index (χ2v) is 16.1. The van der Waals surface area contributed by atoms with Crippen LogP contribution in [0.2, 0.25) is 32.2 Å². The Morgan fingerprint density at radius 2 is 1.41 bits per heavy atom. The summed E-state index contributed by atoms with van der Waals surface area (Å²) in [7, 11) is -7.13. The van der Waals surface area contributed by atoms with Gasteiger partial charge in [0.2, 0.25) is 0 Å². The van der Waals surface area contributed by atoms with Crippen LogP contribution in [0.3, 0.4) is 0 Å². The van der Waals surface area contributed by atoms with Crippen LogP contribution in [0.5, 0.6) is 0 Å². The number of hydrogen-bond acceptors (Lipinski definition) is 4. The Bertz CT molecular complexity index is 376. The monoisotopic (exact) mass is 360 g/mol. The van der Waals surface area contributed by atoms with Gasteiger partial charge >= 0.3 is 25.7 Å². The van der Waals surface area contributed by atoms with Crippen LogP contribution in [0.4, 0.5) is 0 Å². The van der Waals surface area contributed by atoms with E-state index in [9.17, 15) is 0 Å². The molecule has 2 atom stereocenters. The fraction of sp³-hybridized carbons (Fsp3) is 0.600. The van der Waals surface area contributed by atoms with Gasteiger partial charge < -0.3 is 17.1 Å². The van der Waals surface area contributed by atoms with Gasteiger partial charge in [0, 0.05) is 0 Å². The summed E-state index contributed by atoms with van der Waals surface area (Å²) in [4.78, 5) is 0. The molecule has 0 saturated carbocycles. The van der Waals surface area contributed by atoms with E-state index in [1.807, 2.05) is 19.6 Å². The predicted octanol–water partition coefficient (Wildman–Crippen LogP) is 4.41. The summed E-state index contributed by atoms with van der Waals surface area (Å²) in [6.45, 7) is 22.5. The molecule has 7 heteroatoms. The van der Waals surface area contributed by atoms with Gasteiger partial charge in [-0.15, -0.1) is 19.7 Å². The van der Waals surface area contributed by atoms with E-state index in [1.165, 1.54) is 0 Å². The van der Waals surface area contributed by atoms with Crippen LogP contribution in [0.25, 0.3) is 0 Å². The summed E-state index contributed by atoms with van der Waals surface area (Å²) in [6, 6.07) is 0.931. The first-order valence-electron chi connectivity index (χ1n) is 7.69. The van der Waals surface area contributed by atoms with Crippen molar-refractivity contribution in [3.05, 3.63) is 37.6 Å². The zero-order valence-electron chi connectivity index (χ0n) is 14.8. The quantitative estimate of drug-likeness (QED) is 0.360. The Balaban J connectivity index is 4.97. The minimum atomic E-state index is -2.46. The average Bonchev–Trinajstić information content (AvgIpc) is 2.42. The Kier molecular flexibility index (Phi) is 9.63. The molecule has 0 spiro atoms. The van der Waals surface area contributed by atoms with Crippen molar-refractivity contribution in [2.24, 2.45) is 0 Å². The molecule has 4 nitrogen and oxygen atoms in total. The summed E-state index contributed by atoms with van der Waals surface area (Å²) in [5.74, 6) is 0. The summed E-state index contributed by atoms with van der Waals surface area (Å²) in [5.41, 5.74) is 1.79. The molecule has 0 amide bonds. The standard InChI is InChI=1S/C15H32O4Si3/c1-9-13-16-21(7,12-4)18-20(5,6)19-22(8,15-11-3)17-14-10-2/h9-10,12H,1-2,4,11,13-15H2,3,5-8H3. The van der Waals surface area contributed by atoms with Crippen LogP contribution in [0.15, 0.2) is 37.6 Å². The van der Waals surface area contributed by atoms with Crippen molar-refractivity contribution < 1.29 is 17.1 Å². The summed E-state index contributed by atoms with van der Waals surface area (Å²) >= 11 is 0. The van der Waals surface area contributed by atoms with Crippen molar-refractivity contribution in [3.8, 4) is 0 Å². The first kappa shape index (κ1) is 21.7. The van der Waals surface area contributed by atoms with Crippen LogP contribution in [0.1, 0.15) is 13.3 Å². The highest BCUT2D eigenvalue weighted by atomic mass is 28.5. The van der Waals surface area contributed by atoms with E-state index >= 15 is 0 Å². The SMILES string of the molecule is C=CCO[Si](C)(C=C)O[Si](C)(C)O[Si](C)(CCC)OCC=C. The highest BCUT2D eigenvalue weighted by molar-refractivity contribution is 6.86. The Morgan fingerprint density at radius 1 is 0.864 bits per heavy atom. The molecule has 0 aromatic carbocycles.